The SMILES string of the molecule is CC(Cl)C(=O)NCCCc1ccccc1. The highest BCUT2D eigenvalue weighted by Gasteiger charge is 2.06. The smallest absolute Gasteiger partial charge is 0.237 e. The van der Waals surface area contributed by atoms with Gasteiger partial charge < -0.3 is 5.32 Å². The zero-order valence-corrected chi connectivity index (χ0v) is 9.63. The van der Waals surface area contributed by atoms with Crippen molar-refractivity contribution in [3.8, 4) is 0 Å². The third-order valence-electron chi connectivity index (χ3n) is 2.15. The van der Waals surface area contributed by atoms with Crippen molar-refractivity contribution in [3.63, 3.8) is 0 Å². The van der Waals surface area contributed by atoms with E-state index in [9.17, 15) is 4.79 Å². The Labute approximate surface area is 95.6 Å². The fraction of sp³-hybridized carbons (Fsp3) is 0.417. The number of rotatable bonds is 5. The highest BCUT2D eigenvalue weighted by molar-refractivity contribution is 6.30. The summed E-state index contributed by atoms with van der Waals surface area (Å²) in [6.07, 6.45) is 1.93. The van der Waals surface area contributed by atoms with Crippen LogP contribution in [0.4, 0.5) is 0 Å². The molecular weight excluding hydrogens is 210 g/mol. The zero-order chi connectivity index (χ0) is 11.1. The predicted molar refractivity (Wildman–Crippen MR) is 63.1 cm³/mol. The van der Waals surface area contributed by atoms with Gasteiger partial charge in [-0.05, 0) is 25.3 Å². The van der Waals surface area contributed by atoms with Gasteiger partial charge in [0.05, 0.1) is 0 Å². The van der Waals surface area contributed by atoms with Crippen molar-refractivity contribution in [2.24, 2.45) is 0 Å². The number of aryl methyl sites for hydroxylation is 1. The van der Waals surface area contributed by atoms with Crippen molar-refractivity contribution in [1.29, 1.82) is 0 Å². The number of halogens is 1. The van der Waals surface area contributed by atoms with Crippen molar-refractivity contribution < 1.29 is 4.79 Å². The topological polar surface area (TPSA) is 29.1 Å². The molecule has 82 valence electrons. The van der Waals surface area contributed by atoms with Gasteiger partial charge in [-0.1, -0.05) is 30.3 Å². The summed E-state index contributed by atoms with van der Waals surface area (Å²) in [5, 5.41) is 2.34. The Morgan fingerprint density at radius 1 is 1.40 bits per heavy atom. The highest BCUT2D eigenvalue weighted by Crippen LogP contribution is 2.01. The van der Waals surface area contributed by atoms with Crippen LogP contribution in [0.15, 0.2) is 30.3 Å². The molecule has 0 aliphatic rings. The van der Waals surface area contributed by atoms with E-state index in [1.165, 1.54) is 5.56 Å². The summed E-state index contributed by atoms with van der Waals surface area (Å²) in [4.78, 5) is 11.1. The van der Waals surface area contributed by atoms with Crippen LogP contribution in [0.3, 0.4) is 0 Å². The lowest BCUT2D eigenvalue weighted by molar-refractivity contribution is -0.120. The van der Waals surface area contributed by atoms with E-state index in [1.807, 2.05) is 18.2 Å². The van der Waals surface area contributed by atoms with Crippen LogP contribution in [0.25, 0.3) is 0 Å². The van der Waals surface area contributed by atoms with E-state index in [4.69, 9.17) is 11.6 Å². The third kappa shape index (κ3) is 4.84. The molecule has 3 heteroatoms. The number of benzene rings is 1. The maximum Gasteiger partial charge on any atom is 0.237 e. The first-order valence-corrected chi connectivity index (χ1v) is 5.59. The summed E-state index contributed by atoms with van der Waals surface area (Å²) in [5.74, 6) is -0.0928. The van der Waals surface area contributed by atoms with E-state index in [2.05, 4.69) is 17.4 Å². The first kappa shape index (κ1) is 12.1. The number of hydrogen-bond donors (Lipinski definition) is 1. The summed E-state index contributed by atoms with van der Waals surface area (Å²) >= 11 is 5.61. The number of hydrogen-bond acceptors (Lipinski definition) is 1. The van der Waals surface area contributed by atoms with Gasteiger partial charge in [0.25, 0.3) is 0 Å². The van der Waals surface area contributed by atoms with E-state index >= 15 is 0 Å². The number of amides is 1. The lowest BCUT2D eigenvalue weighted by Gasteiger charge is -2.06. The molecule has 1 amide bonds. The fourth-order valence-electron chi connectivity index (χ4n) is 1.29. The maximum absolute atomic E-state index is 11.1. The molecule has 0 bridgehead atoms. The quantitative estimate of drug-likeness (QED) is 0.605. The van der Waals surface area contributed by atoms with Crippen molar-refractivity contribution >= 4 is 17.5 Å². The van der Waals surface area contributed by atoms with E-state index in [-0.39, 0.29) is 5.91 Å². The zero-order valence-electron chi connectivity index (χ0n) is 8.87. The number of carbonyl (C=O) groups is 1. The van der Waals surface area contributed by atoms with Gasteiger partial charge in [0.2, 0.25) is 5.91 Å². The molecule has 0 saturated heterocycles. The van der Waals surface area contributed by atoms with Crippen molar-refractivity contribution in [1.82, 2.24) is 5.32 Å². The first-order chi connectivity index (χ1) is 7.20. The molecule has 1 unspecified atom stereocenters. The lowest BCUT2D eigenvalue weighted by atomic mass is 10.1. The second-order valence-corrected chi connectivity index (χ2v) is 4.15. The van der Waals surface area contributed by atoms with Crippen LogP contribution in [-0.4, -0.2) is 17.8 Å². The normalized spacial score (nSPS) is 12.1. The first-order valence-electron chi connectivity index (χ1n) is 5.16. The lowest BCUT2D eigenvalue weighted by Crippen LogP contribution is -2.30. The molecule has 0 spiro atoms. The van der Waals surface area contributed by atoms with Crippen LogP contribution in [0.2, 0.25) is 0 Å². The molecule has 1 aromatic carbocycles. The predicted octanol–water partition coefficient (Wildman–Crippen LogP) is 2.36. The second-order valence-electron chi connectivity index (χ2n) is 3.50. The van der Waals surface area contributed by atoms with E-state index in [0.717, 1.165) is 12.8 Å². The molecule has 0 fully saturated rings. The standard InChI is InChI=1S/C12H16ClNO/c1-10(13)12(15)14-9-5-8-11-6-3-2-4-7-11/h2-4,6-7,10H,5,8-9H2,1H3,(H,14,15). The Morgan fingerprint density at radius 2 is 2.07 bits per heavy atom. The molecule has 0 heterocycles. The summed E-state index contributed by atoms with van der Waals surface area (Å²) in [6.45, 7) is 2.36. The summed E-state index contributed by atoms with van der Waals surface area (Å²) in [5.41, 5.74) is 1.30. The minimum absolute atomic E-state index is 0.0928. The Morgan fingerprint density at radius 3 is 2.67 bits per heavy atom. The molecule has 1 aromatic rings. The van der Waals surface area contributed by atoms with E-state index in [0.29, 0.717) is 6.54 Å². The molecule has 2 nitrogen and oxygen atoms in total. The van der Waals surface area contributed by atoms with Gasteiger partial charge in [0, 0.05) is 6.54 Å². The summed E-state index contributed by atoms with van der Waals surface area (Å²) < 4.78 is 0. The van der Waals surface area contributed by atoms with E-state index in [1.54, 1.807) is 6.92 Å². The Balaban J connectivity index is 2.15. The van der Waals surface area contributed by atoms with Gasteiger partial charge in [-0.3, -0.25) is 4.79 Å². The largest absolute Gasteiger partial charge is 0.355 e. The summed E-state index contributed by atoms with van der Waals surface area (Å²) in [6, 6.07) is 10.2. The molecule has 1 N–H and O–H groups in total. The molecule has 0 aromatic heterocycles. The van der Waals surface area contributed by atoms with Gasteiger partial charge in [0.1, 0.15) is 5.38 Å². The fourth-order valence-corrected chi connectivity index (χ4v) is 1.37. The van der Waals surface area contributed by atoms with Gasteiger partial charge in [0.15, 0.2) is 0 Å². The monoisotopic (exact) mass is 225 g/mol. The molecule has 1 rings (SSSR count). The Bertz CT molecular complexity index is 298. The average molecular weight is 226 g/mol. The molecular formula is C12H16ClNO. The average Bonchev–Trinajstić information content (AvgIpc) is 2.25. The number of alkyl halides is 1. The van der Waals surface area contributed by atoms with Crippen molar-refractivity contribution in [2.45, 2.75) is 25.1 Å². The van der Waals surface area contributed by atoms with Crippen LogP contribution in [0, 0.1) is 0 Å². The molecule has 1 atom stereocenters. The van der Waals surface area contributed by atoms with Crippen LogP contribution in [0.1, 0.15) is 18.9 Å². The van der Waals surface area contributed by atoms with E-state index < -0.39 is 5.38 Å². The Kier molecular flexibility index (Phi) is 5.19. The van der Waals surface area contributed by atoms with Crippen LogP contribution in [0.5, 0.6) is 0 Å². The molecule has 15 heavy (non-hydrogen) atoms. The van der Waals surface area contributed by atoms with Gasteiger partial charge in [-0.15, -0.1) is 11.6 Å². The number of carbonyl (C=O) groups excluding carboxylic acids is 1. The van der Waals surface area contributed by atoms with Crippen LogP contribution >= 0.6 is 11.6 Å². The molecule has 0 aliphatic heterocycles. The molecule has 0 aliphatic carbocycles. The van der Waals surface area contributed by atoms with Crippen molar-refractivity contribution in [3.05, 3.63) is 35.9 Å². The van der Waals surface area contributed by atoms with Crippen LogP contribution in [-0.2, 0) is 11.2 Å². The second kappa shape index (κ2) is 6.46. The van der Waals surface area contributed by atoms with Crippen molar-refractivity contribution in [2.75, 3.05) is 6.54 Å². The molecule has 0 saturated carbocycles. The minimum atomic E-state index is -0.443. The van der Waals surface area contributed by atoms with Gasteiger partial charge in [-0.2, -0.15) is 0 Å². The Hall–Kier alpha value is -1.02. The summed E-state index contributed by atoms with van der Waals surface area (Å²) in [7, 11) is 0. The van der Waals surface area contributed by atoms with Crippen LogP contribution < -0.4 is 5.32 Å². The highest BCUT2D eigenvalue weighted by atomic mass is 35.5. The maximum atomic E-state index is 11.1. The number of nitrogens with one attached hydrogen (secondary N) is 1. The third-order valence-corrected chi connectivity index (χ3v) is 2.34. The van der Waals surface area contributed by atoms with Gasteiger partial charge >= 0.3 is 0 Å². The molecule has 0 radical (unpaired) electrons. The van der Waals surface area contributed by atoms with Gasteiger partial charge in [-0.25, -0.2) is 0 Å². The minimum Gasteiger partial charge on any atom is -0.355 e.